The van der Waals surface area contributed by atoms with Crippen molar-refractivity contribution in [3.05, 3.63) is 53.7 Å². The zero-order valence-electron chi connectivity index (χ0n) is 22.5. The van der Waals surface area contributed by atoms with Crippen molar-refractivity contribution in [3.8, 4) is 17.7 Å². The number of rotatable bonds is 5. The largest absolute Gasteiger partial charge is 0.472 e. The van der Waals surface area contributed by atoms with Crippen LogP contribution in [0.25, 0.3) is 0 Å². The van der Waals surface area contributed by atoms with Crippen LogP contribution in [-0.2, 0) is 0 Å². The van der Waals surface area contributed by atoms with Gasteiger partial charge in [-0.3, -0.25) is 4.79 Å². The molecular formula is C30H38N4O4. The summed E-state index contributed by atoms with van der Waals surface area (Å²) in [5, 5.41) is 12.8. The number of benzene rings is 1. The van der Waals surface area contributed by atoms with Gasteiger partial charge in [-0.1, -0.05) is 56.2 Å². The van der Waals surface area contributed by atoms with E-state index in [1.54, 1.807) is 29.1 Å². The Morgan fingerprint density at radius 2 is 2.00 bits per heavy atom. The lowest BCUT2D eigenvalue weighted by Crippen LogP contribution is -2.50. The fourth-order valence-corrected chi connectivity index (χ4v) is 4.91. The monoisotopic (exact) mass is 518 g/mol. The summed E-state index contributed by atoms with van der Waals surface area (Å²) in [7, 11) is 1.71. The lowest BCUT2D eigenvalue weighted by molar-refractivity contribution is 0.0356. The molecule has 0 radical (unpaired) electrons. The van der Waals surface area contributed by atoms with Gasteiger partial charge < -0.3 is 25.0 Å². The van der Waals surface area contributed by atoms with Crippen molar-refractivity contribution >= 4 is 17.6 Å². The topological polar surface area (TPSA) is 95.0 Å². The van der Waals surface area contributed by atoms with Crippen molar-refractivity contribution in [2.75, 3.05) is 32.1 Å². The number of aliphatic hydroxyl groups excluding tert-OH is 1. The number of nitrogens with one attached hydrogen (secondary N) is 1. The maximum atomic E-state index is 13.6. The Morgan fingerprint density at radius 1 is 1.26 bits per heavy atom. The molecule has 1 fully saturated rings. The number of hydrogen-bond donors (Lipinski definition) is 2. The highest BCUT2D eigenvalue weighted by molar-refractivity contribution is 5.97. The molecule has 1 saturated carbocycles. The van der Waals surface area contributed by atoms with Gasteiger partial charge in [0.05, 0.1) is 19.2 Å². The highest BCUT2D eigenvalue weighted by Gasteiger charge is 2.34. The standard InChI is InChI=1S/C30H38N4O4/c1-21-18-34(22(2)20-35)29(36)26-16-24(15-14-23-10-6-4-7-11-23)17-31-28(26)38-27(21)19-33(3)30(37)32-25-12-8-5-9-13-25/h5,8-9,12-13,16-17,21-23,27,35H,4,6-7,10-11,18-20H2,1-3H3,(H,32,37)/t21-,22-,27-/m0/s1. The predicted octanol–water partition coefficient (Wildman–Crippen LogP) is 4.40. The second kappa shape index (κ2) is 12.8. The molecule has 1 aliphatic heterocycles. The van der Waals surface area contributed by atoms with E-state index >= 15 is 0 Å². The first kappa shape index (κ1) is 27.5. The molecule has 3 atom stereocenters. The number of amides is 3. The van der Waals surface area contributed by atoms with Gasteiger partial charge in [-0.15, -0.1) is 0 Å². The summed E-state index contributed by atoms with van der Waals surface area (Å²) >= 11 is 0. The Bertz CT molecular complexity index is 1170. The third-order valence-corrected chi connectivity index (χ3v) is 7.37. The minimum atomic E-state index is -0.423. The van der Waals surface area contributed by atoms with E-state index in [4.69, 9.17) is 4.74 Å². The van der Waals surface area contributed by atoms with Gasteiger partial charge in [0.2, 0.25) is 5.88 Å². The number of aromatic nitrogens is 1. The number of carbonyl (C=O) groups is 2. The minimum absolute atomic E-state index is 0.124. The molecule has 1 aromatic carbocycles. The second-order valence-corrected chi connectivity index (χ2v) is 10.5. The summed E-state index contributed by atoms with van der Waals surface area (Å²) < 4.78 is 6.31. The Balaban J connectivity index is 1.57. The third kappa shape index (κ3) is 6.84. The molecule has 1 aromatic heterocycles. The number of hydrogen-bond acceptors (Lipinski definition) is 5. The predicted molar refractivity (Wildman–Crippen MR) is 147 cm³/mol. The highest BCUT2D eigenvalue weighted by atomic mass is 16.5. The SMILES string of the molecule is C[C@H]1CN([C@@H](C)CO)C(=O)c2cc(C#CC3CCCCC3)cnc2O[C@H]1CN(C)C(=O)Nc1ccccc1. The smallest absolute Gasteiger partial charge is 0.321 e. The van der Waals surface area contributed by atoms with Crippen molar-refractivity contribution in [1.29, 1.82) is 0 Å². The molecule has 202 valence electrons. The molecule has 1 aliphatic carbocycles. The van der Waals surface area contributed by atoms with Gasteiger partial charge in [0.1, 0.15) is 11.7 Å². The number of urea groups is 1. The van der Waals surface area contributed by atoms with Gasteiger partial charge >= 0.3 is 6.03 Å². The van der Waals surface area contributed by atoms with Crippen LogP contribution in [0.15, 0.2) is 42.6 Å². The molecule has 2 aliphatic rings. The summed E-state index contributed by atoms with van der Waals surface area (Å²) in [6, 6.07) is 10.4. The number of anilines is 1. The van der Waals surface area contributed by atoms with Crippen LogP contribution in [0.5, 0.6) is 5.88 Å². The molecule has 4 rings (SSSR count). The number of ether oxygens (including phenoxy) is 1. The van der Waals surface area contributed by atoms with Crippen molar-refractivity contribution < 1.29 is 19.4 Å². The number of likely N-dealkylation sites (N-methyl/N-ethyl adjacent to an activating group) is 1. The first-order chi connectivity index (χ1) is 18.4. The molecule has 0 saturated heterocycles. The van der Waals surface area contributed by atoms with E-state index in [1.807, 2.05) is 44.2 Å². The van der Waals surface area contributed by atoms with Crippen LogP contribution in [0.4, 0.5) is 10.5 Å². The van der Waals surface area contributed by atoms with Crippen molar-refractivity contribution in [2.45, 2.75) is 58.1 Å². The summed E-state index contributed by atoms with van der Waals surface area (Å²) in [6.07, 6.45) is 7.13. The van der Waals surface area contributed by atoms with Crippen molar-refractivity contribution in [2.24, 2.45) is 11.8 Å². The van der Waals surface area contributed by atoms with Crippen molar-refractivity contribution in [3.63, 3.8) is 0 Å². The maximum Gasteiger partial charge on any atom is 0.321 e. The molecule has 0 bridgehead atoms. The fraction of sp³-hybridized carbons (Fsp3) is 0.500. The molecule has 0 spiro atoms. The van der Waals surface area contributed by atoms with E-state index in [1.165, 1.54) is 19.3 Å². The number of nitrogens with zero attached hydrogens (tertiary/aromatic N) is 3. The quantitative estimate of drug-likeness (QED) is 0.573. The van der Waals surface area contributed by atoms with Gasteiger partial charge in [0.15, 0.2) is 0 Å². The molecule has 8 nitrogen and oxygen atoms in total. The summed E-state index contributed by atoms with van der Waals surface area (Å²) in [6.45, 7) is 4.30. The van der Waals surface area contributed by atoms with Gasteiger partial charge in [-0.25, -0.2) is 9.78 Å². The number of carbonyl (C=O) groups excluding carboxylic acids is 2. The normalized spacial score (nSPS) is 20.6. The van der Waals surface area contributed by atoms with Crippen LogP contribution in [0.1, 0.15) is 61.9 Å². The molecule has 8 heteroatoms. The first-order valence-electron chi connectivity index (χ1n) is 13.5. The minimum Gasteiger partial charge on any atom is -0.472 e. The number of para-hydroxylation sites is 1. The third-order valence-electron chi connectivity index (χ3n) is 7.37. The molecule has 2 aromatic rings. The zero-order chi connectivity index (χ0) is 27.1. The van der Waals surface area contributed by atoms with Crippen LogP contribution in [0, 0.1) is 23.7 Å². The molecule has 2 N–H and O–H groups in total. The van der Waals surface area contributed by atoms with Crippen molar-refractivity contribution in [1.82, 2.24) is 14.8 Å². The lowest BCUT2D eigenvalue weighted by Gasteiger charge is -2.37. The van der Waals surface area contributed by atoms with E-state index in [9.17, 15) is 14.7 Å². The number of fused-ring (bicyclic) bond motifs is 1. The van der Waals surface area contributed by atoms with Gasteiger partial charge in [-0.2, -0.15) is 0 Å². The summed E-state index contributed by atoms with van der Waals surface area (Å²) in [4.78, 5) is 34.2. The van der Waals surface area contributed by atoms with E-state index in [0.717, 1.165) is 12.8 Å². The molecule has 3 amide bonds. The van der Waals surface area contributed by atoms with Crippen LogP contribution < -0.4 is 10.1 Å². The van der Waals surface area contributed by atoms with Crippen LogP contribution in [0.2, 0.25) is 0 Å². The Labute approximate surface area is 225 Å². The average molecular weight is 519 g/mol. The summed E-state index contributed by atoms with van der Waals surface area (Å²) in [5.74, 6) is 6.82. The number of aliphatic hydroxyl groups is 1. The Hall–Kier alpha value is -3.57. The number of pyridine rings is 1. The van der Waals surface area contributed by atoms with Gasteiger partial charge in [0, 0.05) is 42.9 Å². The van der Waals surface area contributed by atoms with E-state index < -0.39 is 6.10 Å². The summed E-state index contributed by atoms with van der Waals surface area (Å²) in [5.41, 5.74) is 1.71. The molecular weight excluding hydrogens is 480 g/mol. The van der Waals surface area contributed by atoms with Gasteiger partial charge in [-0.05, 0) is 38.0 Å². The zero-order valence-corrected chi connectivity index (χ0v) is 22.5. The molecule has 2 heterocycles. The van der Waals surface area contributed by atoms with Crippen LogP contribution >= 0.6 is 0 Å². The highest BCUT2D eigenvalue weighted by Crippen LogP contribution is 2.28. The molecule has 0 unspecified atom stereocenters. The Kier molecular flexibility index (Phi) is 9.24. The van der Waals surface area contributed by atoms with E-state index in [0.29, 0.717) is 35.8 Å². The molecule has 38 heavy (non-hydrogen) atoms. The maximum absolute atomic E-state index is 13.6. The second-order valence-electron chi connectivity index (χ2n) is 10.5. The Morgan fingerprint density at radius 3 is 2.71 bits per heavy atom. The van der Waals surface area contributed by atoms with Gasteiger partial charge in [0.25, 0.3) is 5.91 Å². The van der Waals surface area contributed by atoms with Crippen LogP contribution in [-0.4, -0.2) is 70.7 Å². The average Bonchev–Trinajstić information content (AvgIpc) is 2.94. The lowest BCUT2D eigenvalue weighted by atomic mass is 9.90. The van der Waals surface area contributed by atoms with Crippen LogP contribution in [0.3, 0.4) is 0 Å². The van der Waals surface area contributed by atoms with E-state index in [2.05, 4.69) is 22.1 Å². The first-order valence-corrected chi connectivity index (χ1v) is 13.5. The van der Waals surface area contributed by atoms with E-state index in [-0.39, 0.29) is 36.4 Å². The fourth-order valence-electron chi connectivity index (χ4n) is 4.91.